The third-order valence-corrected chi connectivity index (χ3v) is 4.09. The molecule has 0 saturated heterocycles. The van der Waals surface area contributed by atoms with E-state index < -0.39 is 23.7 Å². The number of nitrogens with one attached hydrogen (secondary N) is 1. The molecule has 26 heavy (non-hydrogen) atoms. The number of carbonyl (C=O) groups is 3. The molecule has 0 amide bonds. The molecule has 1 unspecified atom stereocenters. The fourth-order valence-electron chi connectivity index (χ4n) is 2.79. The van der Waals surface area contributed by atoms with Crippen molar-refractivity contribution in [3.63, 3.8) is 0 Å². The molecule has 0 saturated carbocycles. The lowest BCUT2D eigenvalue weighted by atomic mass is 10.0. The molecule has 0 spiro atoms. The van der Waals surface area contributed by atoms with E-state index >= 15 is 0 Å². The fourth-order valence-corrected chi connectivity index (χ4v) is 2.79. The molecule has 0 aliphatic rings. The van der Waals surface area contributed by atoms with Crippen LogP contribution in [0.2, 0.25) is 0 Å². The highest BCUT2D eigenvalue weighted by molar-refractivity contribution is 6.05. The standard InChI is InChI=1S/C19H20FNO5/c1-9-16(11(3)22)10(2)21-17(9)18(23)12(4)26-19(24)14-7-6-13(25-5)8-15(14)20/h6-8,12,21H,1-5H3. The molecule has 0 aliphatic heterocycles. The number of rotatable bonds is 6. The number of hydrogen-bond acceptors (Lipinski definition) is 5. The van der Waals surface area contributed by atoms with E-state index in [0.29, 0.717) is 16.8 Å². The van der Waals surface area contributed by atoms with E-state index in [-0.39, 0.29) is 22.8 Å². The average molecular weight is 361 g/mol. The van der Waals surface area contributed by atoms with Crippen LogP contribution in [0.3, 0.4) is 0 Å². The van der Waals surface area contributed by atoms with Crippen molar-refractivity contribution in [2.24, 2.45) is 0 Å². The fraction of sp³-hybridized carbons (Fsp3) is 0.316. The smallest absolute Gasteiger partial charge is 0.341 e. The van der Waals surface area contributed by atoms with Gasteiger partial charge >= 0.3 is 5.97 Å². The minimum absolute atomic E-state index is 0.166. The first-order valence-electron chi connectivity index (χ1n) is 7.96. The summed E-state index contributed by atoms with van der Waals surface area (Å²) in [7, 11) is 1.38. The van der Waals surface area contributed by atoms with Gasteiger partial charge in [-0.1, -0.05) is 0 Å². The number of esters is 1. The van der Waals surface area contributed by atoms with E-state index in [1.165, 1.54) is 33.1 Å². The number of benzene rings is 1. The second-order valence-electron chi connectivity index (χ2n) is 5.94. The third kappa shape index (κ3) is 3.66. The van der Waals surface area contributed by atoms with Gasteiger partial charge in [-0.3, -0.25) is 9.59 Å². The number of Topliss-reactive ketones (excluding diaryl/α,β-unsaturated/α-hetero) is 2. The molecule has 7 heteroatoms. The number of aromatic nitrogens is 1. The van der Waals surface area contributed by atoms with Crippen molar-refractivity contribution < 1.29 is 28.2 Å². The van der Waals surface area contributed by atoms with E-state index in [2.05, 4.69) is 4.98 Å². The quantitative estimate of drug-likeness (QED) is 0.629. The van der Waals surface area contributed by atoms with E-state index in [1.54, 1.807) is 13.8 Å². The summed E-state index contributed by atoms with van der Waals surface area (Å²) in [5.41, 5.74) is 1.40. The lowest BCUT2D eigenvalue weighted by Crippen LogP contribution is -2.25. The van der Waals surface area contributed by atoms with Crippen LogP contribution in [0.1, 0.15) is 56.3 Å². The maximum atomic E-state index is 14.0. The Hall–Kier alpha value is -2.96. The van der Waals surface area contributed by atoms with E-state index in [9.17, 15) is 18.8 Å². The van der Waals surface area contributed by atoms with Crippen molar-refractivity contribution in [1.82, 2.24) is 4.98 Å². The number of aromatic amines is 1. The van der Waals surface area contributed by atoms with Gasteiger partial charge in [-0.2, -0.15) is 0 Å². The van der Waals surface area contributed by atoms with Crippen molar-refractivity contribution in [2.45, 2.75) is 33.8 Å². The van der Waals surface area contributed by atoms with Crippen molar-refractivity contribution >= 4 is 17.5 Å². The zero-order valence-electron chi connectivity index (χ0n) is 15.2. The van der Waals surface area contributed by atoms with Crippen LogP contribution in [0.25, 0.3) is 0 Å². The van der Waals surface area contributed by atoms with Crippen LogP contribution < -0.4 is 4.74 Å². The van der Waals surface area contributed by atoms with Crippen LogP contribution in [0.15, 0.2) is 18.2 Å². The van der Waals surface area contributed by atoms with Gasteiger partial charge in [-0.15, -0.1) is 0 Å². The Kier molecular flexibility index (Phi) is 5.59. The number of carbonyl (C=O) groups excluding carboxylic acids is 3. The molecule has 1 aromatic heterocycles. The van der Waals surface area contributed by atoms with E-state index in [1.807, 2.05) is 0 Å². The Morgan fingerprint density at radius 1 is 1.19 bits per heavy atom. The summed E-state index contributed by atoms with van der Waals surface area (Å²) in [6.07, 6.45) is -1.15. The molecule has 1 atom stereocenters. The Labute approximate surface area is 150 Å². The summed E-state index contributed by atoms with van der Waals surface area (Å²) in [4.78, 5) is 39.3. The largest absolute Gasteiger partial charge is 0.497 e. The first kappa shape index (κ1) is 19.4. The van der Waals surface area contributed by atoms with Crippen LogP contribution in [-0.2, 0) is 4.74 Å². The zero-order chi connectivity index (χ0) is 19.6. The Balaban J connectivity index is 2.21. The predicted octanol–water partition coefficient (Wildman–Crippen LogP) is 3.41. The number of aryl methyl sites for hydroxylation is 1. The van der Waals surface area contributed by atoms with E-state index in [0.717, 1.165) is 6.07 Å². The molecule has 0 radical (unpaired) electrons. The van der Waals surface area contributed by atoms with Crippen LogP contribution in [0.4, 0.5) is 4.39 Å². The first-order valence-corrected chi connectivity index (χ1v) is 7.96. The highest BCUT2D eigenvalue weighted by Gasteiger charge is 2.27. The molecule has 138 valence electrons. The van der Waals surface area contributed by atoms with Gasteiger partial charge in [-0.05, 0) is 45.4 Å². The summed E-state index contributed by atoms with van der Waals surface area (Å²) in [6, 6.07) is 3.70. The molecule has 0 aliphatic carbocycles. The molecule has 2 aromatic rings. The molecule has 6 nitrogen and oxygen atoms in total. The summed E-state index contributed by atoms with van der Waals surface area (Å²) in [6.45, 7) is 6.13. The summed E-state index contributed by atoms with van der Waals surface area (Å²) >= 11 is 0. The van der Waals surface area contributed by atoms with Gasteiger partial charge in [-0.25, -0.2) is 9.18 Å². The van der Waals surface area contributed by atoms with Crippen LogP contribution in [-0.4, -0.2) is 35.7 Å². The molecule has 0 fully saturated rings. The SMILES string of the molecule is COc1ccc(C(=O)OC(C)C(=O)c2[nH]c(C)c(C(C)=O)c2C)c(F)c1. The van der Waals surface area contributed by atoms with Gasteiger partial charge < -0.3 is 14.5 Å². The number of ketones is 2. The molecule has 2 rings (SSSR count). The highest BCUT2D eigenvalue weighted by atomic mass is 19.1. The maximum absolute atomic E-state index is 14.0. The Morgan fingerprint density at radius 3 is 2.35 bits per heavy atom. The minimum atomic E-state index is -1.15. The van der Waals surface area contributed by atoms with Gasteiger partial charge in [0.15, 0.2) is 11.9 Å². The van der Waals surface area contributed by atoms with Crippen LogP contribution in [0.5, 0.6) is 5.75 Å². The van der Waals surface area contributed by atoms with Gasteiger partial charge in [0.1, 0.15) is 11.6 Å². The zero-order valence-corrected chi connectivity index (χ0v) is 15.2. The normalized spacial score (nSPS) is 11.8. The molecule has 1 N–H and O–H groups in total. The van der Waals surface area contributed by atoms with E-state index in [4.69, 9.17) is 9.47 Å². The van der Waals surface area contributed by atoms with Crippen LogP contribution >= 0.6 is 0 Å². The second-order valence-corrected chi connectivity index (χ2v) is 5.94. The van der Waals surface area contributed by atoms with Gasteiger partial charge in [0.2, 0.25) is 5.78 Å². The second kappa shape index (κ2) is 7.51. The van der Waals surface area contributed by atoms with Crippen molar-refractivity contribution in [2.75, 3.05) is 7.11 Å². The highest BCUT2D eigenvalue weighted by Crippen LogP contribution is 2.22. The number of hydrogen-bond donors (Lipinski definition) is 1. The molecule has 0 bridgehead atoms. The predicted molar refractivity (Wildman–Crippen MR) is 92.4 cm³/mol. The van der Waals surface area contributed by atoms with Crippen LogP contribution in [0, 0.1) is 19.7 Å². The Morgan fingerprint density at radius 2 is 1.85 bits per heavy atom. The minimum Gasteiger partial charge on any atom is -0.497 e. The number of ether oxygens (including phenoxy) is 2. The summed E-state index contributed by atoms with van der Waals surface area (Å²) < 4.78 is 23.9. The topological polar surface area (TPSA) is 85.5 Å². The third-order valence-electron chi connectivity index (χ3n) is 4.09. The van der Waals surface area contributed by atoms with Crippen molar-refractivity contribution in [3.8, 4) is 5.75 Å². The Bertz CT molecular complexity index is 884. The molecular formula is C19H20FNO5. The molecular weight excluding hydrogens is 341 g/mol. The lowest BCUT2D eigenvalue weighted by molar-refractivity contribution is 0.0312. The monoisotopic (exact) mass is 361 g/mol. The average Bonchev–Trinajstić information content (AvgIpc) is 2.88. The summed E-state index contributed by atoms with van der Waals surface area (Å²) in [5, 5.41) is 0. The van der Waals surface area contributed by atoms with Crippen molar-refractivity contribution in [3.05, 3.63) is 52.1 Å². The molecule has 1 aromatic carbocycles. The van der Waals surface area contributed by atoms with Gasteiger partial charge in [0.05, 0.1) is 18.4 Å². The van der Waals surface area contributed by atoms with Gasteiger partial charge in [0.25, 0.3) is 0 Å². The lowest BCUT2D eigenvalue weighted by Gasteiger charge is -2.13. The number of halogens is 1. The summed E-state index contributed by atoms with van der Waals surface area (Å²) in [5.74, 6) is -2.17. The number of H-pyrrole nitrogens is 1. The van der Waals surface area contributed by atoms with Crippen molar-refractivity contribution in [1.29, 1.82) is 0 Å². The van der Waals surface area contributed by atoms with Gasteiger partial charge in [0, 0.05) is 17.3 Å². The molecule has 1 heterocycles. The maximum Gasteiger partial charge on any atom is 0.341 e. The number of methoxy groups -OCH3 is 1. The first-order chi connectivity index (χ1) is 12.2.